The van der Waals surface area contributed by atoms with Gasteiger partial charge in [-0.3, -0.25) is 4.79 Å². The Morgan fingerprint density at radius 1 is 1.62 bits per heavy atom. The van der Waals surface area contributed by atoms with Crippen molar-refractivity contribution in [3.05, 3.63) is 11.8 Å². The van der Waals surface area contributed by atoms with E-state index in [0.717, 1.165) is 12.7 Å². The molecule has 0 spiro atoms. The second kappa shape index (κ2) is 5.47. The number of carbonyl (C=O) groups excluding carboxylic acids is 1. The van der Waals surface area contributed by atoms with Crippen LogP contribution in [0.25, 0.3) is 0 Å². The monoisotopic (exact) mass is 243 g/mol. The van der Waals surface area contributed by atoms with Gasteiger partial charge in [0.2, 0.25) is 5.91 Å². The van der Waals surface area contributed by atoms with Gasteiger partial charge in [0, 0.05) is 26.5 Å². The minimum atomic E-state index is -1.02. The van der Waals surface area contributed by atoms with Crippen molar-refractivity contribution in [2.45, 2.75) is 25.7 Å². The molecule has 1 heterocycles. The Hall–Kier alpha value is -0.853. The maximum Gasteiger partial charge on any atom is 0.247 e. The summed E-state index contributed by atoms with van der Waals surface area (Å²) in [6, 6.07) is 1.15. The van der Waals surface area contributed by atoms with E-state index in [2.05, 4.69) is 25.1 Å². The first-order chi connectivity index (χ1) is 7.38. The van der Waals surface area contributed by atoms with E-state index in [1.54, 1.807) is 6.20 Å². The van der Waals surface area contributed by atoms with Crippen LogP contribution in [0.3, 0.4) is 0 Å². The van der Waals surface area contributed by atoms with Crippen molar-refractivity contribution in [2.75, 3.05) is 19.9 Å². The lowest BCUT2D eigenvalue weighted by Crippen LogP contribution is -2.34. The molecule has 0 aromatic heterocycles. The van der Waals surface area contributed by atoms with E-state index in [4.69, 9.17) is 10.5 Å². The maximum absolute atomic E-state index is 10.9. The number of nitrogens with two attached hydrogens (primary N) is 1. The van der Waals surface area contributed by atoms with Crippen molar-refractivity contribution in [3.8, 4) is 0 Å². The SMILES string of the molecule is C[Si](C)(C)CCOCN1CC(C(N)=O)=CN1. The number of nitrogens with zero attached hydrogens (tertiary/aromatic N) is 1. The van der Waals surface area contributed by atoms with Crippen LogP contribution in [-0.2, 0) is 9.53 Å². The molecule has 0 atom stereocenters. The van der Waals surface area contributed by atoms with E-state index >= 15 is 0 Å². The Balaban J connectivity index is 2.11. The van der Waals surface area contributed by atoms with Gasteiger partial charge in [-0.1, -0.05) is 19.6 Å². The van der Waals surface area contributed by atoms with Crippen LogP contribution in [-0.4, -0.2) is 38.9 Å². The third kappa shape index (κ3) is 4.78. The van der Waals surface area contributed by atoms with Crippen LogP contribution in [0.1, 0.15) is 0 Å². The maximum atomic E-state index is 10.9. The summed E-state index contributed by atoms with van der Waals surface area (Å²) in [7, 11) is -1.02. The molecule has 1 rings (SSSR count). The number of rotatable bonds is 6. The molecule has 5 nitrogen and oxygen atoms in total. The molecule has 92 valence electrons. The largest absolute Gasteiger partial charge is 0.366 e. The highest BCUT2D eigenvalue weighted by Crippen LogP contribution is 2.08. The second-order valence-electron chi connectivity index (χ2n) is 5.21. The molecule has 0 saturated heterocycles. The molecule has 6 heteroatoms. The number of hydrogen-bond donors (Lipinski definition) is 2. The van der Waals surface area contributed by atoms with Crippen LogP contribution in [0.2, 0.25) is 25.7 Å². The standard InChI is InChI=1S/C10H21N3O2Si/c1-16(2,3)5-4-15-8-13-7-9(6-12-13)10(11)14/h6,12H,4-5,7-8H2,1-3H3,(H2,11,14). The van der Waals surface area contributed by atoms with Gasteiger partial charge in [-0.05, 0) is 6.04 Å². The quantitative estimate of drug-likeness (QED) is 0.526. The molecule has 0 radical (unpaired) electrons. The van der Waals surface area contributed by atoms with Gasteiger partial charge in [0.25, 0.3) is 0 Å². The summed E-state index contributed by atoms with van der Waals surface area (Å²) in [4.78, 5) is 10.9. The molecule has 3 N–H and O–H groups in total. The summed E-state index contributed by atoms with van der Waals surface area (Å²) in [6.45, 7) is 8.73. The second-order valence-corrected chi connectivity index (χ2v) is 10.8. The van der Waals surface area contributed by atoms with E-state index in [1.807, 2.05) is 5.01 Å². The zero-order valence-electron chi connectivity index (χ0n) is 10.2. The van der Waals surface area contributed by atoms with E-state index in [-0.39, 0.29) is 5.91 Å². The Kier molecular flexibility index (Phi) is 4.52. The van der Waals surface area contributed by atoms with Gasteiger partial charge in [-0.15, -0.1) is 0 Å². The highest BCUT2D eigenvalue weighted by molar-refractivity contribution is 6.76. The lowest BCUT2D eigenvalue weighted by atomic mass is 10.3. The molecular weight excluding hydrogens is 222 g/mol. The summed E-state index contributed by atoms with van der Waals surface area (Å²) in [5.74, 6) is -0.378. The first-order valence-corrected chi connectivity index (χ1v) is 9.17. The van der Waals surface area contributed by atoms with E-state index in [9.17, 15) is 4.79 Å². The number of ether oxygens (including phenoxy) is 1. The third-order valence-corrected chi connectivity index (χ3v) is 4.05. The van der Waals surface area contributed by atoms with Crippen molar-refractivity contribution >= 4 is 14.0 Å². The smallest absolute Gasteiger partial charge is 0.247 e. The molecule has 0 bridgehead atoms. The number of nitrogens with one attached hydrogen (secondary N) is 1. The fraction of sp³-hybridized carbons (Fsp3) is 0.700. The summed E-state index contributed by atoms with van der Waals surface area (Å²) in [5.41, 5.74) is 8.70. The number of hydrogen-bond acceptors (Lipinski definition) is 4. The molecule has 1 amide bonds. The fourth-order valence-corrected chi connectivity index (χ4v) is 2.01. The highest BCUT2D eigenvalue weighted by Gasteiger charge is 2.18. The summed E-state index contributed by atoms with van der Waals surface area (Å²) < 4.78 is 5.53. The Morgan fingerprint density at radius 2 is 2.31 bits per heavy atom. The molecule has 0 aliphatic carbocycles. The van der Waals surface area contributed by atoms with Crippen LogP contribution in [0, 0.1) is 0 Å². The molecular formula is C10H21N3O2Si. The van der Waals surface area contributed by atoms with Crippen molar-refractivity contribution in [1.82, 2.24) is 10.4 Å². The predicted molar refractivity (Wildman–Crippen MR) is 66.1 cm³/mol. The fourth-order valence-electron chi connectivity index (χ4n) is 1.25. The molecule has 0 unspecified atom stereocenters. The summed E-state index contributed by atoms with van der Waals surface area (Å²) in [6.07, 6.45) is 1.63. The first-order valence-electron chi connectivity index (χ1n) is 5.46. The van der Waals surface area contributed by atoms with Gasteiger partial charge >= 0.3 is 0 Å². The van der Waals surface area contributed by atoms with Gasteiger partial charge in [0.1, 0.15) is 6.73 Å². The molecule has 1 aliphatic rings. The topological polar surface area (TPSA) is 67.6 Å². The third-order valence-electron chi connectivity index (χ3n) is 2.34. The van der Waals surface area contributed by atoms with Crippen molar-refractivity contribution < 1.29 is 9.53 Å². The average molecular weight is 243 g/mol. The number of amides is 1. The lowest BCUT2D eigenvalue weighted by Gasteiger charge is -2.19. The predicted octanol–water partition coefficient (Wildman–Crippen LogP) is 0.488. The Labute approximate surface area is 97.6 Å². The van der Waals surface area contributed by atoms with Crippen LogP contribution in [0.15, 0.2) is 11.8 Å². The molecule has 0 saturated carbocycles. The van der Waals surface area contributed by atoms with Crippen LogP contribution >= 0.6 is 0 Å². The normalized spacial score (nSPS) is 17.1. The molecule has 16 heavy (non-hydrogen) atoms. The van der Waals surface area contributed by atoms with Gasteiger partial charge < -0.3 is 15.9 Å². The molecule has 0 fully saturated rings. The van der Waals surface area contributed by atoms with E-state index in [1.165, 1.54) is 0 Å². The van der Waals surface area contributed by atoms with Gasteiger partial charge in [0.05, 0.1) is 6.54 Å². The van der Waals surface area contributed by atoms with Crippen molar-refractivity contribution in [2.24, 2.45) is 5.73 Å². The Morgan fingerprint density at radius 3 is 2.81 bits per heavy atom. The minimum absolute atomic E-state index is 0.378. The van der Waals surface area contributed by atoms with E-state index in [0.29, 0.717) is 18.8 Å². The van der Waals surface area contributed by atoms with Gasteiger partial charge in [-0.25, -0.2) is 0 Å². The number of primary amides is 1. The molecule has 0 aromatic carbocycles. The molecule has 1 aliphatic heterocycles. The van der Waals surface area contributed by atoms with Crippen LogP contribution in [0.4, 0.5) is 0 Å². The number of carbonyl (C=O) groups is 1. The average Bonchev–Trinajstić information content (AvgIpc) is 2.59. The van der Waals surface area contributed by atoms with Crippen molar-refractivity contribution in [3.63, 3.8) is 0 Å². The zero-order valence-corrected chi connectivity index (χ0v) is 11.2. The van der Waals surface area contributed by atoms with Gasteiger partial charge in [0.15, 0.2) is 0 Å². The highest BCUT2D eigenvalue weighted by atomic mass is 28.3. The minimum Gasteiger partial charge on any atom is -0.366 e. The zero-order chi connectivity index (χ0) is 12.2. The summed E-state index contributed by atoms with van der Waals surface area (Å²) in [5, 5.41) is 1.82. The lowest BCUT2D eigenvalue weighted by molar-refractivity contribution is -0.114. The van der Waals surface area contributed by atoms with Crippen molar-refractivity contribution in [1.29, 1.82) is 0 Å². The Bertz CT molecular complexity index is 286. The van der Waals surface area contributed by atoms with Crippen LogP contribution < -0.4 is 11.2 Å². The van der Waals surface area contributed by atoms with E-state index < -0.39 is 8.07 Å². The number of hydrazine groups is 1. The van der Waals surface area contributed by atoms with Crippen LogP contribution in [0.5, 0.6) is 0 Å². The van der Waals surface area contributed by atoms with Gasteiger partial charge in [-0.2, -0.15) is 5.01 Å². The summed E-state index contributed by atoms with van der Waals surface area (Å²) >= 11 is 0. The molecule has 0 aromatic rings. The first kappa shape index (κ1) is 13.2.